The number of carbonyl (C=O) groups excluding carboxylic acids is 5. The van der Waals surface area contributed by atoms with Crippen molar-refractivity contribution < 1.29 is 33.1 Å². The molecular formula is C39H39ClFN5O6. The second-order valence-corrected chi connectivity index (χ2v) is 13.6. The number of hydrogen-bond donors (Lipinski definition) is 2. The van der Waals surface area contributed by atoms with Gasteiger partial charge in [-0.2, -0.15) is 0 Å². The molecule has 0 radical (unpaired) electrons. The topological polar surface area (TPSA) is 128 Å². The van der Waals surface area contributed by atoms with Gasteiger partial charge in [-0.15, -0.1) is 0 Å². The van der Waals surface area contributed by atoms with Crippen LogP contribution in [0.4, 0.5) is 4.39 Å². The largest absolute Gasteiger partial charge is 0.491 e. The maximum Gasteiger partial charge on any atom is 0.258 e. The van der Waals surface area contributed by atoms with Crippen molar-refractivity contribution in [2.24, 2.45) is 0 Å². The summed E-state index contributed by atoms with van der Waals surface area (Å²) in [7, 11) is 2.93. The standard InChI is InChI=1S/C39H39ClFN5O6/c1-44-22-36(48)46-21-29(43-37(49)25-9-6-11-27(40)17-25)19-30(46)23-52-34-15-13-28(41)18-32(34)39(51)45(2)33(14-16-35(44)47)38(50)42-20-26-10-5-8-24-7-3-4-12-31(24)26/h3-13,15,17-18,29-30,33H,14,16,19-23H2,1-2H3,(H,42,50)(H,43,49)/t29-,30-,33+/m0/s1. The minimum absolute atomic E-state index is 0.0591. The first-order chi connectivity index (χ1) is 25.0. The number of nitrogens with one attached hydrogen (secondary N) is 2. The fourth-order valence-corrected chi connectivity index (χ4v) is 6.97. The van der Waals surface area contributed by atoms with Gasteiger partial charge in [-0.25, -0.2) is 4.39 Å². The van der Waals surface area contributed by atoms with E-state index in [0.29, 0.717) is 17.0 Å². The Morgan fingerprint density at radius 2 is 1.71 bits per heavy atom. The van der Waals surface area contributed by atoms with Crippen molar-refractivity contribution in [3.63, 3.8) is 0 Å². The van der Waals surface area contributed by atoms with Gasteiger partial charge in [0.15, 0.2) is 0 Å². The molecule has 0 bridgehead atoms. The Labute approximate surface area is 305 Å². The molecule has 52 heavy (non-hydrogen) atoms. The molecular weight excluding hydrogens is 689 g/mol. The Hall–Kier alpha value is -5.49. The number of rotatable bonds is 5. The minimum Gasteiger partial charge on any atom is -0.491 e. The van der Waals surface area contributed by atoms with Crippen molar-refractivity contribution in [3.05, 3.63) is 112 Å². The fourth-order valence-electron chi connectivity index (χ4n) is 6.78. The average Bonchev–Trinajstić information content (AvgIpc) is 3.54. The molecule has 4 aromatic carbocycles. The molecule has 3 atom stereocenters. The van der Waals surface area contributed by atoms with E-state index >= 15 is 0 Å². The van der Waals surface area contributed by atoms with Gasteiger partial charge in [-0.1, -0.05) is 60.1 Å². The number of likely N-dealkylation sites (N-methyl/N-ethyl adjacent to an activating group) is 2. The highest BCUT2D eigenvalue weighted by Gasteiger charge is 2.38. The van der Waals surface area contributed by atoms with E-state index in [1.54, 1.807) is 29.2 Å². The highest BCUT2D eigenvalue weighted by Crippen LogP contribution is 2.27. The molecule has 13 heteroatoms. The van der Waals surface area contributed by atoms with Gasteiger partial charge in [0.2, 0.25) is 17.7 Å². The van der Waals surface area contributed by atoms with Crippen LogP contribution in [0.2, 0.25) is 5.02 Å². The molecule has 0 unspecified atom stereocenters. The van der Waals surface area contributed by atoms with E-state index in [0.717, 1.165) is 28.5 Å². The zero-order valence-electron chi connectivity index (χ0n) is 28.8. The lowest BCUT2D eigenvalue weighted by Gasteiger charge is -2.28. The molecule has 0 saturated carbocycles. The van der Waals surface area contributed by atoms with E-state index in [2.05, 4.69) is 10.6 Å². The van der Waals surface area contributed by atoms with Gasteiger partial charge in [0.05, 0.1) is 18.2 Å². The van der Waals surface area contributed by atoms with Crippen LogP contribution in [-0.2, 0) is 20.9 Å². The second kappa shape index (κ2) is 15.8. The third-order valence-corrected chi connectivity index (χ3v) is 9.85. The first-order valence-electron chi connectivity index (χ1n) is 17.0. The maximum absolute atomic E-state index is 14.7. The number of fused-ring (bicyclic) bond motifs is 3. The zero-order chi connectivity index (χ0) is 36.9. The van der Waals surface area contributed by atoms with Crippen LogP contribution < -0.4 is 15.4 Å². The van der Waals surface area contributed by atoms with Gasteiger partial charge in [0, 0.05) is 50.2 Å². The summed E-state index contributed by atoms with van der Waals surface area (Å²) < 4.78 is 20.8. The molecule has 6 rings (SSSR count). The van der Waals surface area contributed by atoms with Crippen LogP contribution in [0.25, 0.3) is 10.8 Å². The van der Waals surface area contributed by atoms with Crippen LogP contribution in [0, 0.1) is 5.82 Å². The van der Waals surface area contributed by atoms with E-state index < -0.39 is 41.7 Å². The van der Waals surface area contributed by atoms with Crippen molar-refractivity contribution in [3.8, 4) is 5.75 Å². The van der Waals surface area contributed by atoms with Crippen LogP contribution >= 0.6 is 11.6 Å². The van der Waals surface area contributed by atoms with Crippen molar-refractivity contribution >= 4 is 51.9 Å². The summed E-state index contributed by atoms with van der Waals surface area (Å²) in [5.74, 6) is -2.92. The minimum atomic E-state index is -1.11. The van der Waals surface area contributed by atoms with Crippen LogP contribution in [0.1, 0.15) is 45.5 Å². The number of nitrogens with zero attached hydrogens (tertiary/aromatic N) is 3. The number of hydrogen-bond acceptors (Lipinski definition) is 6. The lowest BCUT2D eigenvalue weighted by Crippen LogP contribution is -2.48. The number of carbonyl (C=O) groups is 5. The Morgan fingerprint density at radius 3 is 2.52 bits per heavy atom. The quantitative estimate of drug-likeness (QED) is 0.314. The molecule has 0 aromatic heterocycles. The van der Waals surface area contributed by atoms with Crippen LogP contribution in [-0.4, -0.2) is 96.2 Å². The predicted octanol–water partition coefficient (Wildman–Crippen LogP) is 4.42. The normalized spacial score (nSPS) is 20.0. The summed E-state index contributed by atoms with van der Waals surface area (Å²) in [6.45, 7) is -0.0123. The molecule has 1 fully saturated rings. The molecule has 5 amide bonds. The highest BCUT2D eigenvalue weighted by molar-refractivity contribution is 6.31. The Morgan fingerprint density at radius 1 is 0.942 bits per heavy atom. The molecule has 2 heterocycles. The van der Waals surface area contributed by atoms with Crippen LogP contribution in [0.5, 0.6) is 5.75 Å². The summed E-state index contributed by atoms with van der Waals surface area (Å²) >= 11 is 6.07. The molecule has 11 nitrogen and oxygen atoms in total. The molecule has 0 aliphatic carbocycles. The SMILES string of the molecule is CN1CC(=O)N2C[C@@H](NC(=O)c3cccc(Cl)c3)C[C@H]2COc2ccc(F)cc2C(=O)N(C)[C@@H](C(=O)NCc2cccc3ccccc23)CCC1=O. The zero-order valence-corrected chi connectivity index (χ0v) is 29.6. The van der Waals surface area contributed by atoms with E-state index in [1.165, 1.54) is 30.0 Å². The summed E-state index contributed by atoms with van der Waals surface area (Å²) in [6.07, 6.45) is 0.109. The predicted molar refractivity (Wildman–Crippen MR) is 193 cm³/mol. The van der Waals surface area contributed by atoms with Gasteiger partial charge in [-0.05, 0) is 65.6 Å². The number of amides is 5. The van der Waals surface area contributed by atoms with E-state index in [-0.39, 0.29) is 62.2 Å². The van der Waals surface area contributed by atoms with E-state index in [9.17, 15) is 28.4 Å². The van der Waals surface area contributed by atoms with Gasteiger partial charge in [-0.3, -0.25) is 24.0 Å². The second-order valence-electron chi connectivity index (χ2n) is 13.1. The van der Waals surface area contributed by atoms with Crippen LogP contribution in [0.15, 0.2) is 84.9 Å². The van der Waals surface area contributed by atoms with Gasteiger partial charge in [0.1, 0.15) is 24.2 Å². The lowest BCUT2D eigenvalue weighted by molar-refractivity contribution is -0.140. The summed E-state index contributed by atoms with van der Waals surface area (Å²) in [5.41, 5.74) is 1.12. The molecule has 270 valence electrons. The summed E-state index contributed by atoms with van der Waals surface area (Å²) in [5, 5.41) is 8.26. The molecule has 2 aliphatic heterocycles. The van der Waals surface area contributed by atoms with E-state index in [1.807, 2.05) is 42.5 Å². The summed E-state index contributed by atoms with van der Waals surface area (Å²) in [6, 6.07) is 21.5. The molecule has 4 aromatic rings. The molecule has 0 spiro atoms. The first-order valence-corrected chi connectivity index (χ1v) is 17.4. The number of halogens is 2. The molecule has 2 aliphatic rings. The van der Waals surface area contributed by atoms with Gasteiger partial charge >= 0.3 is 0 Å². The lowest BCUT2D eigenvalue weighted by atomic mass is 10.0. The number of ether oxygens (including phenoxy) is 1. The van der Waals surface area contributed by atoms with Gasteiger partial charge < -0.3 is 30.1 Å². The van der Waals surface area contributed by atoms with Crippen molar-refractivity contribution in [1.29, 1.82) is 0 Å². The highest BCUT2D eigenvalue weighted by atomic mass is 35.5. The van der Waals surface area contributed by atoms with Crippen molar-refractivity contribution in [2.45, 2.75) is 43.9 Å². The smallest absolute Gasteiger partial charge is 0.258 e. The first kappa shape index (κ1) is 36.3. The summed E-state index contributed by atoms with van der Waals surface area (Å²) in [4.78, 5) is 71.9. The average molecular weight is 728 g/mol. The Bertz CT molecular complexity index is 2020. The monoisotopic (exact) mass is 727 g/mol. The number of benzene rings is 4. The Balaban J connectivity index is 1.24. The third kappa shape index (κ3) is 8.18. The van der Waals surface area contributed by atoms with Crippen molar-refractivity contribution in [1.82, 2.24) is 25.3 Å². The van der Waals surface area contributed by atoms with Crippen LogP contribution in [0.3, 0.4) is 0 Å². The third-order valence-electron chi connectivity index (χ3n) is 9.61. The van der Waals surface area contributed by atoms with Crippen molar-refractivity contribution in [2.75, 3.05) is 33.8 Å². The maximum atomic E-state index is 14.7. The van der Waals surface area contributed by atoms with Gasteiger partial charge in [0.25, 0.3) is 11.8 Å². The molecule has 2 N–H and O–H groups in total. The molecule has 1 saturated heterocycles. The van der Waals surface area contributed by atoms with E-state index in [4.69, 9.17) is 16.3 Å². The fraction of sp³-hybridized carbons (Fsp3) is 0.308. The Kier molecular flexibility index (Phi) is 11.0.